The van der Waals surface area contributed by atoms with Gasteiger partial charge in [-0.15, -0.1) is 9.24 Å². The summed E-state index contributed by atoms with van der Waals surface area (Å²) in [4.78, 5) is 0. The van der Waals surface area contributed by atoms with Crippen LogP contribution in [0.2, 0.25) is 0 Å². The summed E-state index contributed by atoms with van der Waals surface area (Å²) in [6, 6.07) is 11.0. The summed E-state index contributed by atoms with van der Waals surface area (Å²) in [5.41, 5.74) is 1.54. The molecule has 0 N–H and O–H groups in total. The maximum Gasteiger partial charge on any atom is -0.00990 e. The highest BCUT2D eigenvalue weighted by Gasteiger charge is 2.24. The molecule has 0 aromatic heterocycles. The van der Waals surface area contributed by atoms with Crippen LogP contribution in [0.15, 0.2) is 30.3 Å². The monoisotopic (exact) mass is 206 g/mol. The largest absolute Gasteiger partial charge is 0.137 e. The van der Waals surface area contributed by atoms with Gasteiger partial charge in [-0.3, -0.25) is 0 Å². The van der Waals surface area contributed by atoms with E-state index in [4.69, 9.17) is 0 Å². The molecule has 1 aliphatic carbocycles. The van der Waals surface area contributed by atoms with E-state index in [0.717, 1.165) is 11.8 Å². The van der Waals surface area contributed by atoms with Gasteiger partial charge in [0.25, 0.3) is 0 Å². The fourth-order valence-electron chi connectivity index (χ4n) is 2.66. The van der Waals surface area contributed by atoms with Gasteiger partial charge in [-0.25, -0.2) is 0 Å². The Morgan fingerprint density at radius 2 is 1.79 bits per heavy atom. The quantitative estimate of drug-likeness (QED) is 0.659. The van der Waals surface area contributed by atoms with Gasteiger partial charge >= 0.3 is 0 Å². The van der Waals surface area contributed by atoms with Gasteiger partial charge < -0.3 is 0 Å². The van der Waals surface area contributed by atoms with Gasteiger partial charge in [0.1, 0.15) is 0 Å². The summed E-state index contributed by atoms with van der Waals surface area (Å²) in [7, 11) is 2.92. The summed E-state index contributed by atoms with van der Waals surface area (Å²) in [6.07, 6.45) is 6.98. The van der Waals surface area contributed by atoms with Crippen molar-refractivity contribution in [1.82, 2.24) is 0 Å². The summed E-state index contributed by atoms with van der Waals surface area (Å²) in [5, 5.41) is 0. The van der Waals surface area contributed by atoms with Gasteiger partial charge in [0.2, 0.25) is 0 Å². The molecule has 0 aliphatic heterocycles. The number of hydrogen-bond donors (Lipinski definition) is 0. The number of hydrogen-bond acceptors (Lipinski definition) is 0. The first kappa shape index (κ1) is 10.2. The Morgan fingerprint density at radius 3 is 2.36 bits per heavy atom. The predicted molar refractivity (Wildman–Crippen MR) is 65.7 cm³/mol. The van der Waals surface area contributed by atoms with Crippen molar-refractivity contribution in [3.63, 3.8) is 0 Å². The van der Waals surface area contributed by atoms with E-state index in [1.807, 2.05) is 0 Å². The van der Waals surface area contributed by atoms with Crippen LogP contribution in [0.1, 0.15) is 37.2 Å². The van der Waals surface area contributed by atoms with E-state index < -0.39 is 0 Å². The van der Waals surface area contributed by atoms with E-state index in [9.17, 15) is 0 Å². The molecule has 76 valence electrons. The fourth-order valence-corrected chi connectivity index (χ4v) is 3.32. The second-order valence-corrected chi connectivity index (χ2v) is 4.77. The molecule has 0 amide bonds. The summed E-state index contributed by atoms with van der Waals surface area (Å²) < 4.78 is 0. The van der Waals surface area contributed by atoms with Gasteiger partial charge in [0.15, 0.2) is 0 Å². The zero-order chi connectivity index (χ0) is 9.80. The minimum Gasteiger partial charge on any atom is -0.137 e. The second kappa shape index (κ2) is 4.94. The molecule has 1 fully saturated rings. The maximum absolute atomic E-state index is 2.92. The van der Waals surface area contributed by atoms with Crippen LogP contribution in [0.3, 0.4) is 0 Å². The van der Waals surface area contributed by atoms with Crippen molar-refractivity contribution in [2.45, 2.75) is 31.6 Å². The van der Waals surface area contributed by atoms with Crippen molar-refractivity contribution in [3.8, 4) is 0 Å². The van der Waals surface area contributed by atoms with Crippen LogP contribution in [-0.2, 0) is 0 Å². The van der Waals surface area contributed by atoms with Crippen molar-refractivity contribution in [3.05, 3.63) is 35.9 Å². The number of rotatable bonds is 3. The van der Waals surface area contributed by atoms with Crippen LogP contribution in [-0.4, -0.2) is 6.16 Å². The molecule has 0 heterocycles. The first-order chi connectivity index (χ1) is 6.92. The second-order valence-electron chi connectivity index (χ2n) is 4.30. The van der Waals surface area contributed by atoms with Crippen LogP contribution in [0.4, 0.5) is 0 Å². The lowest BCUT2D eigenvalue weighted by atomic mass is 9.86. The van der Waals surface area contributed by atoms with Gasteiger partial charge in [-0.1, -0.05) is 43.2 Å². The first-order valence-electron chi connectivity index (χ1n) is 5.67. The van der Waals surface area contributed by atoms with Crippen molar-refractivity contribution in [1.29, 1.82) is 0 Å². The third-order valence-electron chi connectivity index (χ3n) is 3.45. The zero-order valence-corrected chi connectivity index (χ0v) is 9.81. The smallest absolute Gasteiger partial charge is 0.00990 e. The molecule has 1 saturated carbocycles. The van der Waals surface area contributed by atoms with Crippen LogP contribution in [0.25, 0.3) is 0 Å². The fraction of sp³-hybridized carbons (Fsp3) is 0.538. The highest BCUT2D eigenvalue weighted by molar-refractivity contribution is 7.16. The van der Waals surface area contributed by atoms with E-state index >= 15 is 0 Å². The normalized spacial score (nSPS) is 19.8. The lowest BCUT2D eigenvalue weighted by Crippen LogP contribution is -2.10. The molecule has 14 heavy (non-hydrogen) atoms. The zero-order valence-electron chi connectivity index (χ0n) is 8.65. The lowest BCUT2D eigenvalue weighted by molar-refractivity contribution is 0.466. The molecule has 1 aliphatic rings. The molecule has 0 nitrogen and oxygen atoms in total. The molecular formula is C13H19P. The lowest BCUT2D eigenvalue weighted by Gasteiger charge is -2.22. The van der Waals surface area contributed by atoms with Gasteiger partial charge in [0, 0.05) is 0 Å². The SMILES string of the molecule is PCC(c1ccccc1)C1CCCC1. The molecular weight excluding hydrogens is 187 g/mol. The van der Waals surface area contributed by atoms with Crippen molar-refractivity contribution < 1.29 is 0 Å². The Kier molecular flexibility index (Phi) is 3.59. The van der Waals surface area contributed by atoms with E-state index in [1.165, 1.54) is 37.4 Å². The van der Waals surface area contributed by atoms with E-state index in [2.05, 4.69) is 39.6 Å². The highest BCUT2D eigenvalue weighted by Crippen LogP contribution is 2.38. The Labute approximate surface area is 89.3 Å². The van der Waals surface area contributed by atoms with E-state index in [-0.39, 0.29) is 0 Å². The van der Waals surface area contributed by atoms with Crippen LogP contribution >= 0.6 is 9.24 Å². The summed E-state index contributed by atoms with van der Waals surface area (Å²) >= 11 is 0. The van der Waals surface area contributed by atoms with Gasteiger partial charge in [-0.2, -0.15) is 0 Å². The third kappa shape index (κ3) is 2.17. The molecule has 0 saturated heterocycles. The molecule has 0 radical (unpaired) electrons. The molecule has 0 spiro atoms. The molecule has 2 rings (SSSR count). The summed E-state index contributed by atoms with van der Waals surface area (Å²) in [6.45, 7) is 0. The average molecular weight is 206 g/mol. The first-order valence-corrected chi connectivity index (χ1v) is 6.48. The van der Waals surface area contributed by atoms with Crippen molar-refractivity contribution in [2.24, 2.45) is 5.92 Å². The topological polar surface area (TPSA) is 0 Å². The molecule has 1 aromatic rings. The molecule has 1 aromatic carbocycles. The third-order valence-corrected chi connectivity index (χ3v) is 3.96. The molecule has 2 unspecified atom stereocenters. The van der Waals surface area contributed by atoms with Crippen LogP contribution < -0.4 is 0 Å². The minimum absolute atomic E-state index is 0.781. The Morgan fingerprint density at radius 1 is 1.14 bits per heavy atom. The Bertz CT molecular complexity index is 262. The van der Waals surface area contributed by atoms with Gasteiger partial charge in [0.05, 0.1) is 0 Å². The van der Waals surface area contributed by atoms with E-state index in [0.29, 0.717) is 0 Å². The molecule has 2 atom stereocenters. The predicted octanol–water partition coefficient (Wildman–Crippen LogP) is 3.84. The van der Waals surface area contributed by atoms with Gasteiger partial charge in [-0.05, 0) is 36.4 Å². The van der Waals surface area contributed by atoms with Crippen LogP contribution in [0.5, 0.6) is 0 Å². The molecule has 1 heteroatoms. The minimum atomic E-state index is 0.781. The van der Waals surface area contributed by atoms with Crippen molar-refractivity contribution in [2.75, 3.05) is 6.16 Å². The highest BCUT2D eigenvalue weighted by atomic mass is 31.0. The Hall–Kier alpha value is -0.350. The number of benzene rings is 1. The standard InChI is InChI=1S/C13H19P/c14-10-13(12-8-4-5-9-12)11-6-2-1-3-7-11/h1-3,6-7,12-13H,4-5,8-10,14H2. The summed E-state index contributed by atoms with van der Waals surface area (Å²) in [5.74, 6) is 1.72. The van der Waals surface area contributed by atoms with E-state index in [1.54, 1.807) is 0 Å². The maximum atomic E-state index is 2.92. The van der Waals surface area contributed by atoms with Crippen molar-refractivity contribution >= 4 is 9.24 Å². The average Bonchev–Trinajstić information content (AvgIpc) is 2.74. The molecule has 0 bridgehead atoms. The Balaban J connectivity index is 2.12. The van der Waals surface area contributed by atoms with Crippen LogP contribution in [0, 0.1) is 5.92 Å².